The number of nitriles is 1. The van der Waals surface area contributed by atoms with Gasteiger partial charge in [0.25, 0.3) is 6.02 Å². The van der Waals surface area contributed by atoms with Crippen molar-refractivity contribution in [1.82, 2.24) is 5.32 Å². The van der Waals surface area contributed by atoms with E-state index in [9.17, 15) is 14.9 Å². The molecule has 4 aliphatic rings. The Morgan fingerprint density at radius 2 is 2.06 bits per heavy atom. The summed E-state index contributed by atoms with van der Waals surface area (Å²) in [6.45, 7) is 5.57. The van der Waals surface area contributed by atoms with E-state index in [1.165, 1.54) is 37.7 Å². The number of carbonyl (C=O) groups is 2. The highest BCUT2D eigenvalue weighted by Crippen LogP contribution is 2.60. The highest BCUT2D eigenvalue weighted by Gasteiger charge is 2.50. The molecular formula is C28H35N5O3. The molecule has 36 heavy (non-hydrogen) atoms. The number of nitrogens with one attached hydrogen (secondary N) is 1. The normalized spacial score (nSPS) is 24.8. The smallest absolute Gasteiger partial charge is 0.287 e. The molecule has 2 saturated carbocycles. The summed E-state index contributed by atoms with van der Waals surface area (Å²) in [5, 5.41) is 12.1. The third kappa shape index (κ3) is 4.59. The van der Waals surface area contributed by atoms with Crippen LogP contribution in [0.4, 0.5) is 5.69 Å². The highest BCUT2D eigenvalue weighted by atomic mass is 16.5. The molecule has 2 aliphatic heterocycles. The number of piperidine rings is 1. The summed E-state index contributed by atoms with van der Waals surface area (Å²) >= 11 is 0. The van der Waals surface area contributed by atoms with Crippen molar-refractivity contribution in [1.29, 1.82) is 5.26 Å². The number of carbonyl (C=O) groups excluding carboxylic acids is 2. The quantitative estimate of drug-likeness (QED) is 0.271. The Bertz CT molecular complexity index is 1160. The Kier molecular flexibility index (Phi) is 6.50. The average Bonchev–Trinajstić information content (AvgIpc) is 2.78. The minimum atomic E-state index is -0.404. The van der Waals surface area contributed by atoms with Gasteiger partial charge in [0, 0.05) is 25.4 Å². The monoisotopic (exact) mass is 489 g/mol. The van der Waals surface area contributed by atoms with Crippen molar-refractivity contribution in [2.24, 2.45) is 22.1 Å². The van der Waals surface area contributed by atoms with Crippen molar-refractivity contribution in [3.8, 4) is 6.07 Å². The molecule has 2 amide bonds. The summed E-state index contributed by atoms with van der Waals surface area (Å²) in [4.78, 5) is 30.4. The lowest BCUT2D eigenvalue weighted by Crippen LogP contribution is -2.51. The Balaban J connectivity index is 1.20. The lowest BCUT2D eigenvalue weighted by molar-refractivity contribution is -0.134. The third-order valence-electron chi connectivity index (χ3n) is 8.60. The largest absolute Gasteiger partial charge is 0.431 e. The van der Waals surface area contributed by atoms with Crippen LogP contribution in [0.25, 0.3) is 0 Å². The van der Waals surface area contributed by atoms with Crippen LogP contribution in [0.3, 0.4) is 0 Å². The topological polar surface area (TPSA) is 121 Å². The standard InChI is InChI=1S/C28H35N5O3/c1-3-17(2)25(20-12-28(13-20)9-4-10-28)36-27(30)31-21-15-33(16-21)23-7-5-18(11-19(23)14-29)22-6-8-24(34)32-26(22)35/h5,7,11,20-22H,3-4,6,8-10,12-13,15-16H2,1-2H3,(H2,30,31)(H,32,34,35). The van der Waals surface area contributed by atoms with Crippen molar-refractivity contribution in [3.05, 3.63) is 40.7 Å². The maximum Gasteiger partial charge on any atom is 0.287 e. The summed E-state index contributed by atoms with van der Waals surface area (Å²) in [7, 11) is 0. The van der Waals surface area contributed by atoms with Gasteiger partial charge < -0.3 is 15.4 Å². The van der Waals surface area contributed by atoms with E-state index < -0.39 is 5.92 Å². The maximum atomic E-state index is 12.2. The lowest BCUT2D eigenvalue weighted by atomic mass is 9.51. The minimum Gasteiger partial charge on any atom is -0.431 e. The number of imide groups is 1. The molecule has 8 heteroatoms. The van der Waals surface area contributed by atoms with Gasteiger partial charge in [0.1, 0.15) is 11.8 Å². The molecule has 0 bridgehead atoms. The van der Waals surface area contributed by atoms with Crippen LogP contribution < -0.4 is 16.0 Å². The summed E-state index contributed by atoms with van der Waals surface area (Å²) < 4.78 is 6.14. The van der Waals surface area contributed by atoms with E-state index >= 15 is 0 Å². The molecule has 5 rings (SSSR count). The average molecular weight is 490 g/mol. The number of hydrogen-bond donors (Lipinski definition) is 2. The zero-order valence-electron chi connectivity index (χ0n) is 21.2. The van der Waals surface area contributed by atoms with Crippen LogP contribution in [0.5, 0.6) is 0 Å². The van der Waals surface area contributed by atoms with Gasteiger partial charge >= 0.3 is 0 Å². The van der Waals surface area contributed by atoms with Gasteiger partial charge in [-0.1, -0.05) is 19.4 Å². The zero-order chi connectivity index (χ0) is 25.4. The first-order valence-corrected chi connectivity index (χ1v) is 13.1. The zero-order valence-corrected chi connectivity index (χ0v) is 21.2. The van der Waals surface area contributed by atoms with E-state index in [4.69, 9.17) is 10.5 Å². The summed E-state index contributed by atoms with van der Waals surface area (Å²) in [6.07, 6.45) is 8.18. The van der Waals surface area contributed by atoms with E-state index in [0.29, 0.717) is 42.8 Å². The van der Waals surface area contributed by atoms with Gasteiger partial charge in [-0.25, -0.2) is 4.99 Å². The van der Waals surface area contributed by atoms with Crippen molar-refractivity contribution in [3.63, 3.8) is 0 Å². The molecule has 0 aromatic heterocycles. The SMILES string of the molecule is CCC(C)=C(OC(N)=NC1CN(c2ccc(C3CCC(=O)NC3=O)cc2C#N)C1)C1CC2(CCC2)C1. The second kappa shape index (κ2) is 9.61. The molecule has 1 aromatic rings. The van der Waals surface area contributed by atoms with Gasteiger partial charge in [0.05, 0.1) is 23.2 Å². The third-order valence-corrected chi connectivity index (χ3v) is 8.60. The number of aliphatic imine (C=N–C) groups is 1. The van der Waals surface area contributed by atoms with Crippen LogP contribution in [-0.2, 0) is 14.3 Å². The van der Waals surface area contributed by atoms with E-state index in [1.807, 2.05) is 12.1 Å². The van der Waals surface area contributed by atoms with Crippen molar-refractivity contribution < 1.29 is 14.3 Å². The minimum absolute atomic E-state index is 0.00824. The van der Waals surface area contributed by atoms with Gasteiger partial charge in [-0.05, 0) is 74.1 Å². The molecule has 1 unspecified atom stereocenters. The molecule has 2 saturated heterocycles. The first-order chi connectivity index (χ1) is 17.3. The van der Waals surface area contributed by atoms with E-state index in [0.717, 1.165) is 23.4 Å². The van der Waals surface area contributed by atoms with E-state index in [-0.39, 0.29) is 23.9 Å². The van der Waals surface area contributed by atoms with Gasteiger partial charge in [-0.2, -0.15) is 5.26 Å². The number of benzene rings is 1. The van der Waals surface area contributed by atoms with E-state index in [1.54, 1.807) is 6.07 Å². The fourth-order valence-electron chi connectivity index (χ4n) is 6.15. The predicted octanol–water partition coefficient (Wildman–Crippen LogP) is 3.86. The molecule has 2 aliphatic carbocycles. The van der Waals surface area contributed by atoms with Crippen molar-refractivity contribution in [2.45, 2.75) is 77.2 Å². The predicted molar refractivity (Wildman–Crippen MR) is 137 cm³/mol. The van der Waals surface area contributed by atoms with Crippen LogP contribution >= 0.6 is 0 Å². The Labute approximate surface area is 212 Å². The van der Waals surface area contributed by atoms with Gasteiger partial charge in [0.15, 0.2) is 0 Å². The molecule has 4 fully saturated rings. The number of nitrogens with two attached hydrogens (primary N) is 1. The lowest BCUT2D eigenvalue weighted by Gasteiger charge is -2.54. The molecule has 0 radical (unpaired) electrons. The van der Waals surface area contributed by atoms with Gasteiger partial charge in [-0.15, -0.1) is 0 Å². The molecule has 3 N–H and O–H groups in total. The first-order valence-electron chi connectivity index (χ1n) is 13.1. The number of anilines is 1. The second-order valence-electron chi connectivity index (χ2n) is 11.0. The number of rotatable bonds is 6. The molecule has 2 heterocycles. The Morgan fingerprint density at radius 1 is 1.31 bits per heavy atom. The summed E-state index contributed by atoms with van der Waals surface area (Å²) in [5.74, 6) is 0.527. The fourth-order valence-corrected chi connectivity index (χ4v) is 6.15. The molecule has 1 atom stereocenters. The van der Waals surface area contributed by atoms with Crippen LogP contribution in [0, 0.1) is 22.7 Å². The Hall–Kier alpha value is -3.34. The van der Waals surface area contributed by atoms with Crippen LogP contribution in [0.1, 0.15) is 82.3 Å². The van der Waals surface area contributed by atoms with Gasteiger partial charge in [0.2, 0.25) is 11.8 Å². The van der Waals surface area contributed by atoms with E-state index in [2.05, 4.69) is 35.1 Å². The Morgan fingerprint density at radius 3 is 2.67 bits per heavy atom. The summed E-state index contributed by atoms with van der Waals surface area (Å²) in [5.41, 5.74) is 10.2. The maximum absolute atomic E-state index is 12.2. The molecule has 8 nitrogen and oxygen atoms in total. The molecular weight excluding hydrogens is 454 g/mol. The van der Waals surface area contributed by atoms with Crippen LogP contribution in [0.2, 0.25) is 0 Å². The van der Waals surface area contributed by atoms with Crippen LogP contribution in [0.15, 0.2) is 34.5 Å². The summed E-state index contributed by atoms with van der Waals surface area (Å²) in [6, 6.07) is 8.02. The number of amidine groups is 1. The van der Waals surface area contributed by atoms with Crippen molar-refractivity contribution >= 4 is 23.5 Å². The number of nitrogens with zero attached hydrogens (tertiary/aromatic N) is 3. The second-order valence-corrected chi connectivity index (χ2v) is 11.0. The molecule has 1 spiro atoms. The number of allylic oxidation sites excluding steroid dienone is 2. The number of ether oxygens (including phenoxy) is 1. The molecule has 190 valence electrons. The highest BCUT2D eigenvalue weighted by molar-refractivity contribution is 6.01. The van der Waals surface area contributed by atoms with Crippen LogP contribution in [-0.4, -0.2) is 37.0 Å². The first kappa shape index (κ1) is 24.4. The molecule has 1 aromatic carbocycles. The number of amides is 2. The number of hydrogen-bond acceptors (Lipinski definition) is 6. The fraction of sp³-hybridized carbons (Fsp3) is 0.571. The van der Waals surface area contributed by atoms with Gasteiger partial charge in [-0.3, -0.25) is 14.9 Å². The van der Waals surface area contributed by atoms with Crippen molar-refractivity contribution in [2.75, 3.05) is 18.0 Å².